The minimum atomic E-state index is 0.342. The molecule has 106 valence electrons. The highest BCUT2D eigenvalue weighted by Crippen LogP contribution is 2.33. The van der Waals surface area contributed by atoms with Crippen LogP contribution in [0.25, 0.3) is 0 Å². The number of carbonyl (C=O) groups is 1. The summed E-state index contributed by atoms with van der Waals surface area (Å²) in [4.78, 5) is 11.5. The van der Waals surface area contributed by atoms with Crippen LogP contribution in [-0.4, -0.2) is 20.0 Å². The molecule has 1 aromatic carbocycles. The van der Waals surface area contributed by atoms with Gasteiger partial charge in [0.05, 0.1) is 18.7 Å². The topological polar surface area (TPSA) is 35.5 Å². The number of rotatable bonds is 8. The molecule has 0 amide bonds. The lowest BCUT2D eigenvalue weighted by molar-refractivity contribution is -0.119. The summed E-state index contributed by atoms with van der Waals surface area (Å²) in [6, 6.07) is 3.87. The Labute approximate surface area is 123 Å². The Morgan fingerprint density at radius 2 is 1.84 bits per heavy atom. The van der Waals surface area contributed by atoms with Crippen molar-refractivity contribution in [2.24, 2.45) is 0 Å². The van der Waals surface area contributed by atoms with Gasteiger partial charge < -0.3 is 9.47 Å². The van der Waals surface area contributed by atoms with E-state index in [1.165, 1.54) is 0 Å². The van der Waals surface area contributed by atoms with E-state index in [0.717, 1.165) is 40.8 Å². The highest BCUT2D eigenvalue weighted by atomic mass is 79.9. The second-order valence-electron chi connectivity index (χ2n) is 4.44. The average Bonchev–Trinajstić information content (AvgIpc) is 2.39. The Morgan fingerprint density at radius 3 is 2.42 bits per heavy atom. The van der Waals surface area contributed by atoms with Crippen LogP contribution < -0.4 is 9.47 Å². The molecule has 0 aromatic heterocycles. The molecule has 1 aromatic rings. The van der Waals surface area contributed by atoms with Crippen LogP contribution in [0.4, 0.5) is 0 Å². The van der Waals surface area contributed by atoms with E-state index in [-0.39, 0.29) is 0 Å². The zero-order valence-corrected chi connectivity index (χ0v) is 13.4. The second kappa shape index (κ2) is 8.20. The normalized spacial score (nSPS) is 10.3. The van der Waals surface area contributed by atoms with Crippen LogP contribution in [0.1, 0.15) is 38.2 Å². The highest BCUT2D eigenvalue weighted by Gasteiger charge is 2.10. The third-order valence-electron chi connectivity index (χ3n) is 2.99. The second-order valence-corrected chi connectivity index (χ2v) is 5.30. The lowest BCUT2D eigenvalue weighted by atomic mass is 10.0. The van der Waals surface area contributed by atoms with Gasteiger partial charge in [-0.25, -0.2) is 0 Å². The predicted octanol–water partition coefficient (Wildman–Crippen LogP) is 4.16. The first-order valence-corrected chi connectivity index (χ1v) is 7.33. The summed E-state index contributed by atoms with van der Waals surface area (Å²) in [6.07, 6.45) is 3.94. The van der Waals surface area contributed by atoms with Crippen LogP contribution in [0.2, 0.25) is 0 Å². The number of ether oxygens (including phenoxy) is 2. The first kappa shape index (κ1) is 16.0. The van der Waals surface area contributed by atoms with Gasteiger partial charge in [-0.1, -0.05) is 6.92 Å². The van der Waals surface area contributed by atoms with Gasteiger partial charge in [-0.05, 0) is 46.8 Å². The third-order valence-corrected chi connectivity index (χ3v) is 3.61. The Hall–Kier alpha value is -1.03. The SMILES string of the molecule is CCCC(=O)CCCc1cc(Br)c(OC)cc1OC. The first-order valence-electron chi connectivity index (χ1n) is 6.54. The van der Waals surface area contributed by atoms with Crippen molar-refractivity contribution in [3.05, 3.63) is 22.2 Å². The van der Waals surface area contributed by atoms with Gasteiger partial charge in [-0.15, -0.1) is 0 Å². The lowest BCUT2D eigenvalue weighted by Gasteiger charge is -2.12. The summed E-state index contributed by atoms with van der Waals surface area (Å²) in [5, 5.41) is 0. The van der Waals surface area contributed by atoms with Crippen molar-refractivity contribution in [1.82, 2.24) is 0 Å². The maximum absolute atomic E-state index is 11.5. The number of carbonyl (C=O) groups excluding carboxylic acids is 1. The monoisotopic (exact) mass is 328 g/mol. The van der Waals surface area contributed by atoms with Gasteiger partial charge in [0.1, 0.15) is 17.3 Å². The molecule has 0 heterocycles. The van der Waals surface area contributed by atoms with Crippen LogP contribution in [0.3, 0.4) is 0 Å². The van der Waals surface area contributed by atoms with Gasteiger partial charge in [-0.2, -0.15) is 0 Å². The number of hydrogen-bond donors (Lipinski definition) is 0. The van der Waals surface area contributed by atoms with Gasteiger partial charge in [0.2, 0.25) is 0 Å². The molecule has 3 nitrogen and oxygen atoms in total. The summed E-state index contributed by atoms with van der Waals surface area (Å²) < 4.78 is 11.5. The van der Waals surface area contributed by atoms with E-state index in [9.17, 15) is 4.79 Å². The van der Waals surface area contributed by atoms with Crippen molar-refractivity contribution in [2.45, 2.75) is 39.0 Å². The number of Topliss-reactive ketones (excluding diaryl/α,β-unsaturated/α-hetero) is 1. The summed E-state index contributed by atoms with van der Waals surface area (Å²) in [7, 11) is 3.27. The average molecular weight is 329 g/mol. The van der Waals surface area contributed by atoms with Crippen LogP contribution in [0.5, 0.6) is 11.5 Å². The van der Waals surface area contributed by atoms with Gasteiger partial charge in [0.25, 0.3) is 0 Å². The quantitative estimate of drug-likeness (QED) is 0.718. The fourth-order valence-corrected chi connectivity index (χ4v) is 2.55. The highest BCUT2D eigenvalue weighted by molar-refractivity contribution is 9.10. The molecule has 0 radical (unpaired) electrons. The number of benzene rings is 1. The Bertz CT molecular complexity index is 430. The fourth-order valence-electron chi connectivity index (χ4n) is 2.00. The Kier molecular flexibility index (Phi) is 6.92. The molecule has 1 rings (SSSR count). The van der Waals surface area contributed by atoms with Crippen molar-refractivity contribution in [2.75, 3.05) is 14.2 Å². The minimum Gasteiger partial charge on any atom is -0.496 e. The van der Waals surface area contributed by atoms with Crippen molar-refractivity contribution in [1.29, 1.82) is 0 Å². The van der Waals surface area contributed by atoms with Crippen molar-refractivity contribution in [3.63, 3.8) is 0 Å². The summed E-state index contributed by atoms with van der Waals surface area (Å²) in [5.74, 6) is 1.90. The van der Waals surface area contributed by atoms with Crippen LogP contribution in [-0.2, 0) is 11.2 Å². The zero-order valence-electron chi connectivity index (χ0n) is 11.8. The van der Waals surface area contributed by atoms with E-state index < -0.39 is 0 Å². The molecule has 0 unspecified atom stereocenters. The van der Waals surface area contributed by atoms with Gasteiger partial charge in [-0.3, -0.25) is 4.79 Å². The van der Waals surface area contributed by atoms with Crippen molar-refractivity contribution in [3.8, 4) is 11.5 Å². The van der Waals surface area contributed by atoms with Crippen molar-refractivity contribution < 1.29 is 14.3 Å². The molecular formula is C15H21BrO3. The number of hydrogen-bond acceptors (Lipinski definition) is 3. The van der Waals surface area contributed by atoms with E-state index in [1.54, 1.807) is 14.2 Å². The molecule has 0 spiro atoms. The first-order chi connectivity index (χ1) is 9.12. The predicted molar refractivity (Wildman–Crippen MR) is 80.1 cm³/mol. The van der Waals surface area contributed by atoms with Crippen molar-refractivity contribution >= 4 is 21.7 Å². The largest absolute Gasteiger partial charge is 0.496 e. The maximum Gasteiger partial charge on any atom is 0.136 e. The van der Waals surface area contributed by atoms with E-state index >= 15 is 0 Å². The zero-order chi connectivity index (χ0) is 14.3. The smallest absolute Gasteiger partial charge is 0.136 e. The maximum atomic E-state index is 11.5. The minimum absolute atomic E-state index is 0.342. The van der Waals surface area contributed by atoms with E-state index in [4.69, 9.17) is 9.47 Å². The molecule has 19 heavy (non-hydrogen) atoms. The van der Waals surface area contributed by atoms with Gasteiger partial charge >= 0.3 is 0 Å². The molecular weight excluding hydrogens is 308 g/mol. The van der Waals surface area contributed by atoms with E-state index in [0.29, 0.717) is 18.6 Å². The molecule has 0 bridgehead atoms. The van der Waals surface area contributed by atoms with Gasteiger partial charge in [0.15, 0.2) is 0 Å². The molecule has 0 aliphatic rings. The number of aryl methyl sites for hydroxylation is 1. The molecule has 0 N–H and O–H groups in total. The standard InChI is InChI=1S/C15H21BrO3/c1-4-6-12(17)8-5-7-11-9-13(16)15(19-3)10-14(11)18-2/h9-10H,4-8H2,1-3H3. The molecule has 0 saturated carbocycles. The summed E-state index contributed by atoms with van der Waals surface area (Å²) in [6.45, 7) is 2.03. The molecule has 0 aliphatic heterocycles. The summed E-state index contributed by atoms with van der Waals surface area (Å²) in [5.41, 5.74) is 1.10. The van der Waals surface area contributed by atoms with Crippen LogP contribution in [0.15, 0.2) is 16.6 Å². The summed E-state index contributed by atoms with van der Waals surface area (Å²) >= 11 is 3.47. The number of ketones is 1. The Morgan fingerprint density at radius 1 is 1.16 bits per heavy atom. The molecule has 0 saturated heterocycles. The molecule has 4 heteroatoms. The lowest BCUT2D eigenvalue weighted by Crippen LogP contribution is -2.00. The van der Waals surface area contributed by atoms with Crippen LogP contribution in [0, 0.1) is 0 Å². The number of methoxy groups -OCH3 is 2. The molecule has 0 atom stereocenters. The van der Waals surface area contributed by atoms with Gasteiger partial charge in [0, 0.05) is 18.9 Å². The third kappa shape index (κ3) is 4.86. The van der Waals surface area contributed by atoms with E-state index in [2.05, 4.69) is 15.9 Å². The Balaban J connectivity index is 2.67. The fraction of sp³-hybridized carbons (Fsp3) is 0.533. The van der Waals surface area contributed by atoms with Crippen LogP contribution >= 0.6 is 15.9 Å². The molecule has 0 aliphatic carbocycles. The number of halogens is 1. The van der Waals surface area contributed by atoms with E-state index in [1.807, 2.05) is 19.1 Å². The molecule has 0 fully saturated rings.